The summed E-state index contributed by atoms with van der Waals surface area (Å²) in [5.41, 5.74) is 9.84. The number of rotatable bonds is 8. The van der Waals surface area contributed by atoms with Crippen molar-refractivity contribution < 1.29 is 14.3 Å². The van der Waals surface area contributed by atoms with Gasteiger partial charge >= 0.3 is 0 Å². The number of nitrogens with one attached hydrogen (secondary N) is 3. The second kappa shape index (κ2) is 9.82. The summed E-state index contributed by atoms with van der Waals surface area (Å²) >= 11 is 0. The maximum atomic E-state index is 12.7. The number of anilines is 4. The molecule has 10 heteroatoms. The van der Waals surface area contributed by atoms with Crippen LogP contribution in [-0.4, -0.2) is 53.4 Å². The molecule has 10 nitrogen and oxygen atoms in total. The van der Waals surface area contributed by atoms with Crippen molar-refractivity contribution in [2.24, 2.45) is 5.73 Å². The molecule has 0 unspecified atom stereocenters. The molecule has 1 fully saturated rings. The molecule has 5 rings (SSSR count). The predicted molar refractivity (Wildman–Crippen MR) is 137 cm³/mol. The highest BCUT2D eigenvalue weighted by molar-refractivity contribution is 6.02. The van der Waals surface area contributed by atoms with Gasteiger partial charge in [-0.3, -0.25) is 9.59 Å². The van der Waals surface area contributed by atoms with Crippen molar-refractivity contribution in [1.29, 1.82) is 0 Å². The third-order valence-electron chi connectivity index (χ3n) is 6.36. The standard InChI is InChI=1S/C26H29N7O3/c1-33-10-9-15-12-22(36-2)21(11-16(15)14-33)31-26-28-13-19(23(27)34)24(32-26)30-20-6-4-3-5-18(20)25(35)29-17-7-8-17/h3-6,11-13,17H,7-10,14H2,1-2H3,(H2,27,34)(H,29,35)(H2,28,30,31,32). The van der Waals surface area contributed by atoms with Gasteiger partial charge in [-0.25, -0.2) is 4.98 Å². The second-order valence-electron chi connectivity index (χ2n) is 9.17. The van der Waals surface area contributed by atoms with E-state index in [1.807, 2.05) is 12.1 Å². The van der Waals surface area contributed by atoms with Gasteiger partial charge in [-0.05, 0) is 61.7 Å². The number of methoxy groups -OCH3 is 1. The molecule has 1 aliphatic carbocycles. The summed E-state index contributed by atoms with van der Waals surface area (Å²) in [6, 6.07) is 11.4. The van der Waals surface area contributed by atoms with Crippen LogP contribution in [0.2, 0.25) is 0 Å². The predicted octanol–water partition coefficient (Wildman–Crippen LogP) is 2.95. The van der Waals surface area contributed by atoms with E-state index in [0.29, 0.717) is 22.7 Å². The fraction of sp³-hybridized carbons (Fsp3) is 0.308. The Labute approximate surface area is 209 Å². The summed E-state index contributed by atoms with van der Waals surface area (Å²) in [6.45, 7) is 1.83. The number of nitrogens with two attached hydrogens (primary N) is 1. The molecule has 0 atom stereocenters. The first kappa shape index (κ1) is 23.6. The van der Waals surface area contributed by atoms with Gasteiger partial charge in [0.15, 0.2) is 0 Å². The Morgan fingerprint density at radius 1 is 1.08 bits per heavy atom. The number of ether oxygens (including phenoxy) is 1. The molecular formula is C26H29N7O3. The minimum absolute atomic E-state index is 0.108. The Balaban J connectivity index is 1.46. The molecule has 186 valence electrons. The number of carbonyl (C=O) groups is 2. The SMILES string of the molecule is COc1cc2c(cc1Nc1ncc(C(N)=O)c(Nc3ccccc3C(=O)NC3CC3)n1)CN(C)CC2. The number of primary amides is 1. The van der Waals surface area contributed by atoms with Gasteiger partial charge in [-0.1, -0.05) is 12.1 Å². The van der Waals surface area contributed by atoms with Crippen LogP contribution in [0.3, 0.4) is 0 Å². The van der Waals surface area contributed by atoms with Gasteiger partial charge in [-0.15, -0.1) is 0 Å². The number of hydrogen-bond acceptors (Lipinski definition) is 8. The van der Waals surface area contributed by atoms with Crippen LogP contribution in [0.25, 0.3) is 0 Å². The molecule has 3 aromatic rings. The largest absolute Gasteiger partial charge is 0.495 e. The number of para-hydroxylation sites is 1. The van der Waals surface area contributed by atoms with Crippen molar-refractivity contribution in [2.45, 2.75) is 31.8 Å². The van der Waals surface area contributed by atoms with Crippen LogP contribution in [0.5, 0.6) is 5.75 Å². The smallest absolute Gasteiger partial charge is 0.254 e. The van der Waals surface area contributed by atoms with Gasteiger partial charge in [0.25, 0.3) is 11.8 Å². The Bertz CT molecular complexity index is 1320. The van der Waals surface area contributed by atoms with Gasteiger partial charge in [0.1, 0.15) is 17.1 Å². The lowest BCUT2D eigenvalue weighted by Crippen LogP contribution is -2.26. The number of aromatic nitrogens is 2. The minimum Gasteiger partial charge on any atom is -0.495 e. The molecule has 0 saturated heterocycles. The summed E-state index contributed by atoms with van der Waals surface area (Å²) in [7, 11) is 3.71. The van der Waals surface area contributed by atoms with Gasteiger partial charge in [0.2, 0.25) is 5.95 Å². The van der Waals surface area contributed by atoms with E-state index in [1.54, 1.807) is 31.4 Å². The van der Waals surface area contributed by atoms with Gasteiger partial charge in [0, 0.05) is 25.3 Å². The van der Waals surface area contributed by atoms with Crippen molar-refractivity contribution in [3.8, 4) is 5.75 Å². The molecule has 2 aromatic carbocycles. The van der Waals surface area contributed by atoms with Crippen LogP contribution in [0.15, 0.2) is 42.6 Å². The lowest BCUT2D eigenvalue weighted by molar-refractivity contribution is 0.0950. The summed E-state index contributed by atoms with van der Waals surface area (Å²) in [5.74, 6) is 0.265. The number of fused-ring (bicyclic) bond motifs is 1. The van der Waals surface area contributed by atoms with Gasteiger partial charge < -0.3 is 31.3 Å². The average Bonchev–Trinajstić information content (AvgIpc) is 3.68. The van der Waals surface area contributed by atoms with Crippen LogP contribution in [-0.2, 0) is 13.0 Å². The van der Waals surface area contributed by atoms with Crippen LogP contribution < -0.4 is 26.4 Å². The van der Waals surface area contributed by atoms with E-state index in [0.717, 1.165) is 32.4 Å². The van der Waals surface area contributed by atoms with E-state index < -0.39 is 5.91 Å². The highest BCUT2D eigenvalue weighted by Gasteiger charge is 2.25. The molecule has 36 heavy (non-hydrogen) atoms. The van der Waals surface area contributed by atoms with Crippen molar-refractivity contribution in [3.63, 3.8) is 0 Å². The molecule has 2 amide bonds. The van der Waals surface area contributed by atoms with Crippen LogP contribution >= 0.6 is 0 Å². The van der Waals surface area contributed by atoms with E-state index in [1.165, 1.54) is 17.3 Å². The minimum atomic E-state index is -0.682. The maximum absolute atomic E-state index is 12.7. The number of hydrogen-bond donors (Lipinski definition) is 4. The van der Waals surface area contributed by atoms with E-state index in [4.69, 9.17) is 10.5 Å². The summed E-state index contributed by atoms with van der Waals surface area (Å²) in [6.07, 6.45) is 4.28. The zero-order valence-corrected chi connectivity index (χ0v) is 20.3. The number of carbonyl (C=O) groups excluding carboxylic acids is 2. The fourth-order valence-electron chi connectivity index (χ4n) is 4.24. The number of nitrogens with zero attached hydrogens (tertiary/aromatic N) is 3. The fourth-order valence-corrected chi connectivity index (χ4v) is 4.24. The maximum Gasteiger partial charge on any atom is 0.254 e. The van der Waals surface area contributed by atoms with E-state index >= 15 is 0 Å². The molecular weight excluding hydrogens is 458 g/mol. The molecule has 0 radical (unpaired) electrons. The Kier molecular flexibility index (Phi) is 6.43. The van der Waals surface area contributed by atoms with Crippen molar-refractivity contribution in [3.05, 3.63) is 64.8 Å². The molecule has 1 aromatic heterocycles. The molecule has 2 heterocycles. The molecule has 0 bridgehead atoms. The first-order chi connectivity index (χ1) is 17.4. The number of benzene rings is 2. The molecule has 1 aliphatic heterocycles. The van der Waals surface area contributed by atoms with Crippen molar-refractivity contribution in [1.82, 2.24) is 20.2 Å². The third kappa shape index (κ3) is 5.08. The van der Waals surface area contributed by atoms with E-state index in [2.05, 4.69) is 37.9 Å². The van der Waals surface area contributed by atoms with E-state index in [-0.39, 0.29) is 29.3 Å². The van der Waals surface area contributed by atoms with Crippen molar-refractivity contribution >= 4 is 35.0 Å². The molecule has 1 saturated carbocycles. The lowest BCUT2D eigenvalue weighted by Gasteiger charge is -2.26. The van der Waals surface area contributed by atoms with Gasteiger partial charge in [-0.2, -0.15) is 4.98 Å². The average molecular weight is 488 g/mol. The highest BCUT2D eigenvalue weighted by Crippen LogP contribution is 2.33. The number of likely N-dealkylation sites (N-methyl/N-ethyl adjacent to an activating group) is 1. The zero-order valence-electron chi connectivity index (χ0n) is 20.3. The molecule has 5 N–H and O–H groups in total. The van der Waals surface area contributed by atoms with Gasteiger partial charge in [0.05, 0.1) is 24.0 Å². The molecule has 0 spiro atoms. The van der Waals surface area contributed by atoms with Crippen molar-refractivity contribution in [2.75, 3.05) is 31.3 Å². The van der Waals surface area contributed by atoms with E-state index in [9.17, 15) is 9.59 Å². The zero-order chi connectivity index (χ0) is 25.2. The van der Waals surface area contributed by atoms with Crippen LogP contribution in [0.4, 0.5) is 23.1 Å². The third-order valence-corrected chi connectivity index (χ3v) is 6.36. The quantitative estimate of drug-likeness (QED) is 0.381. The Morgan fingerprint density at radius 3 is 2.64 bits per heavy atom. The normalized spacial score (nSPS) is 15.1. The summed E-state index contributed by atoms with van der Waals surface area (Å²) in [5, 5.41) is 9.32. The van der Waals surface area contributed by atoms with Crippen LogP contribution in [0, 0.1) is 0 Å². The second-order valence-corrected chi connectivity index (χ2v) is 9.17. The Morgan fingerprint density at radius 2 is 1.89 bits per heavy atom. The molecule has 2 aliphatic rings. The highest BCUT2D eigenvalue weighted by atomic mass is 16.5. The topological polar surface area (TPSA) is 134 Å². The Hall–Kier alpha value is -4.18. The summed E-state index contributed by atoms with van der Waals surface area (Å²) < 4.78 is 5.61. The first-order valence-electron chi connectivity index (χ1n) is 11.9. The first-order valence-corrected chi connectivity index (χ1v) is 11.9. The number of amides is 2. The lowest BCUT2D eigenvalue weighted by atomic mass is 9.99. The summed E-state index contributed by atoms with van der Waals surface area (Å²) in [4.78, 5) is 35.9. The van der Waals surface area contributed by atoms with Crippen LogP contribution in [0.1, 0.15) is 44.7 Å². The monoisotopic (exact) mass is 487 g/mol.